The van der Waals surface area contributed by atoms with Crippen molar-refractivity contribution in [2.24, 2.45) is 0 Å². The molecule has 0 N–H and O–H groups in total. The summed E-state index contributed by atoms with van der Waals surface area (Å²) in [5, 5.41) is 26.2. The van der Waals surface area contributed by atoms with E-state index in [1.165, 1.54) is 0 Å². The number of nitro benzene ring substituents is 2. The van der Waals surface area contributed by atoms with Gasteiger partial charge in [-0.15, -0.1) is 5.10 Å². The third-order valence-corrected chi connectivity index (χ3v) is 3.91. The van der Waals surface area contributed by atoms with Gasteiger partial charge in [0.2, 0.25) is 5.75 Å². The largest absolute Gasteiger partial charge is 0.477 e. The Hall–Kier alpha value is -3.90. The second-order valence-electron chi connectivity index (χ2n) is 5.72. The molecule has 0 bridgehead atoms. The van der Waals surface area contributed by atoms with E-state index in [-0.39, 0.29) is 23.9 Å². The van der Waals surface area contributed by atoms with Gasteiger partial charge in [0.15, 0.2) is 23.4 Å². The number of ketones is 2. The van der Waals surface area contributed by atoms with E-state index in [2.05, 4.69) is 5.10 Å². The van der Waals surface area contributed by atoms with Gasteiger partial charge in [0.25, 0.3) is 5.69 Å². The molecule has 1 aliphatic heterocycles. The van der Waals surface area contributed by atoms with Crippen LogP contribution in [0, 0.1) is 20.2 Å². The molecule has 0 amide bonds. The first-order valence-electron chi connectivity index (χ1n) is 7.44. The van der Waals surface area contributed by atoms with Gasteiger partial charge in [-0.1, -0.05) is 0 Å². The summed E-state index contributed by atoms with van der Waals surface area (Å²) < 4.78 is 6.78. The number of nitrogens with zero attached hydrogens (tertiary/aromatic N) is 5. The molecular weight excluding hydrogens is 366 g/mol. The van der Waals surface area contributed by atoms with Gasteiger partial charge in [-0.2, -0.15) is 4.68 Å². The Morgan fingerprint density at radius 3 is 2.33 bits per heavy atom. The number of non-ortho nitro benzene ring substituents is 1. The van der Waals surface area contributed by atoms with Crippen LogP contribution >= 0.6 is 0 Å². The lowest BCUT2D eigenvalue weighted by Crippen LogP contribution is -2.35. The molecule has 0 saturated heterocycles. The molecule has 27 heavy (non-hydrogen) atoms. The molecule has 13 heteroatoms. The first-order chi connectivity index (χ1) is 12.6. The van der Waals surface area contributed by atoms with E-state index in [0.29, 0.717) is 10.7 Å². The van der Waals surface area contributed by atoms with Crippen molar-refractivity contribution in [1.82, 2.24) is 14.3 Å². The molecule has 13 nitrogen and oxygen atoms in total. The van der Waals surface area contributed by atoms with Gasteiger partial charge in [-0.3, -0.25) is 29.8 Å². The summed E-state index contributed by atoms with van der Waals surface area (Å²) in [6.45, 7) is 1.85. The van der Waals surface area contributed by atoms with E-state index >= 15 is 0 Å². The van der Waals surface area contributed by atoms with E-state index in [1.54, 1.807) is 0 Å². The highest BCUT2D eigenvalue weighted by atomic mass is 16.6. The quantitative estimate of drug-likeness (QED) is 0.408. The predicted molar refractivity (Wildman–Crippen MR) is 85.9 cm³/mol. The summed E-state index contributed by atoms with van der Waals surface area (Å²) in [7, 11) is 0. The van der Waals surface area contributed by atoms with Gasteiger partial charge < -0.3 is 4.74 Å². The summed E-state index contributed by atoms with van der Waals surface area (Å²) in [6, 6.07) is 0.162. The van der Waals surface area contributed by atoms with E-state index in [0.717, 1.165) is 24.5 Å². The topological polar surface area (TPSA) is 169 Å². The third-order valence-electron chi connectivity index (χ3n) is 3.91. The van der Waals surface area contributed by atoms with Gasteiger partial charge in [-0.05, 0) is 13.8 Å². The second-order valence-corrected chi connectivity index (χ2v) is 5.72. The number of benzene rings is 1. The van der Waals surface area contributed by atoms with Crippen molar-refractivity contribution in [2.45, 2.75) is 26.5 Å². The Morgan fingerprint density at radius 2 is 1.81 bits per heavy atom. The molecule has 2 aromatic rings. The third kappa shape index (κ3) is 2.74. The first-order valence-corrected chi connectivity index (χ1v) is 7.44. The highest BCUT2D eigenvalue weighted by molar-refractivity contribution is 6.02. The van der Waals surface area contributed by atoms with Crippen molar-refractivity contribution in [3.8, 4) is 11.4 Å². The summed E-state index contributed by atoms with van der Waals surface area (Å²) in [6.07, 6.45) is 0. The van der Waals surface area contributed by atoms with Crippen LogP contribution in [0.25, 0.3) is 5.69 Å². The lowest BCUT2D eigenvalue weighted by atomic mass is 10.1. The molecule has 140 valence electrons. The van der Waals surface area contributed by atoms with Crippen LogP contribution in [0.15, 0.2) is 16.9 Å². The predicted octanol–water partition coefficient (Wildman–Crippen LogP) is 0.462. The lowest BCUT2D eigenvalue weighted by Gasteiger charge is -2.17. The summed E-state index contributed by atoms with van der Waals surface area (Å²) >= 11 is 0. The molecule has 0 radical (unpaired) electrons. The molecule has 1 aromatic carbocycles. The maximum Gasteiger partial charge on any atom is 0.351 e. The highest BCUT2D eigenvalue weighted by Crippen LogP contribution is 2.40. The van der Waals surface area contributed by atoms with Crippen molar-refractivity contribution >= 4 is 22.9 Å². The monoisotopic (exact) mass is 377 g/mol. The Morgan fingerprint density at radius 1 is 1.19 bits per heavy atom. The summed E-state index contributed by atoms with van der Waals surface area (Å²) in [5.74, 6) is -1.67. The number of nitro groups is 2. The van der Waals surface area contributed by atoms with Crippen LogP contribution in [-0.2, 0) is 16.2 Å². The number of fused-ring (bicyclic) bond motifs is 3. The van der Waals surface area contributed by atoms with Crippen LogP contribution in [0.1, 0.15) is 25.7 Å². The standard InChI is InChI=1S/C14H11N5O8/c1-6(20)12(7(2)21)17-14(22)16-9-3-8(18(23)24)4-10(19(25)26)13(9)27-5-11(16)15-17/h3-4,12H,5H2,1-2H3. The Labute approximate surface area is 149 Å². The first kappa shape index (κ1) is 17.9. The fourth-order valence-electron chi connectivity index (χ4n) is 2.83. The molecule has 0 saturated carbocycles. The minimum Gasteiger partial charge on any atom is -0.477 e. The molecule has 0 fully saturated rings. The van der Waals surface area contributed by atoms with Crippen LogP contribution < -0.4 is 10.4 Å². The molecule has 1 aromatic heterocycles. The SMILES string of the molecule is CC(=O)C(C(C)=O)n1nc2n(c1=O)-c1cc([N+](=O)[O-])cc([N+](=O)[O-])c1OC2. The highest BCUT2D eigenvalue weighted by Gasteiger charge is 2.35. The number of hydrogen-bond acceptors (Lipinski definition) is 9. The van der Waals surface area contributed by atoms with E-state index in [1.807, 2.05) is 0 Å². The van der Waals surface area contributed by atoms with Crippen molar-refractivity contribution in [2.75, 3.05) is 0 Å². The second kappa shape index (κ2) is 6.12. The number of carbonyl (C=O) groups excluding carboxylic acids is 2. The van der Waals surface area contributed by atoms with Gasteiger partial charge in [0.1, 0.15) is 12.3 Å². The zero-order valence-corrected chi connectivity index (χ0v) is 13.9. The van der Waals surface area contributed by atoms with Crippen LogP contribution in [0.3, 0.4) is 0 Å². The zero-order chi connectivity index (χ0) is 20.0. The molecule has 0 unspecified atom stereocenters. The van der Waals surface area contributed by atoms with Crippen molar-refractivity contribution < 1.29 is 24.2 Å². The number of aromatic nitrogens is 3. The summed E-state index contributed by atoms with van der Waals surface area (Å²) in [5.41, 5.74) is -2.54. The van der Waals surface area contributed by atoms with E-state index in [9.17, 15) is 34.6 Å². The number of carbonyl (C=O) groups is 2. The van der Waals surface area contributed by atoms with Crippen LogP contribution in [0.4, 0.5) is 11.4 Å². The average Bonchev–Trinajstić information content (AvgIpc) is 2.90. The van der Waals surface area contributed by atoms with Gasteiger partial charge in [0, 0.05) is 6.07 Å². The minimum atomic E-state index is -1.48. The fraction of sp³-hybridized carbons (Fsp3) is 0.286. The maximum absolute atomic E-state index is 12.8. The number of Topliss-reactive ketones (excluding diaryl/α,β-unsaturated/α-hetero) is 2. The molecule has 1 aliphatic rings. The smallest absolute Gasteiger partial charge is 0.351 e. The number of hydrogen-bond donors (Lipinski definition) is 0. The van der Waals surface area contributed by atoms with Crippen molar-refractivity contribution in [1.29, 1.82) is 0 Å². The lowest BCUT2D eigenvalue weighted by molar-refractivity contribution is -0.394. The Kier molecular flexibility index (Phi) is 4.06. The fourth-order valence-corrected chi connectivity index (χ4v) is 2.83. The van der Waals surface area contributed by atoms with Gasteiger partial charge in [-0.25, -0.2) is 9.36 Å². The maximum atomic E-state index is 12.8. The molecule has 0 aliphatic carbocycles. The van der Waals surface area contributed by atoms with Gasteiger partial charge >= 0.3 is 11.4 Å². The van der Waals surface area contributed by atoms with Crippen LogP contribution in [-0.4, -0.2) is 35.8 Å². The Balaban J connectivity index is 2.32. The normalized spacial score (nSPS) is 12.1. The van der Waals surface area contributed by atoms with Crippen molar-refractivity contribution in [3.05, 3.63) is 48.7 Å². The number of ether oxygens (including phenoxy) is 1. The van der Waals surface area contributed by atoms with E-state index < -0.39 is 44.5 Å². The average molecular weight is 377 g/mol. The van der Waals surface area contributed by atoms with E-state index in [4.69, 9.17) is 4.74 Å². The minimum absolute atomic E-state index is 0.0604. The number of rotatable bonds is 5. The van der Waals surface area contributed by atoms with Crippen molar-refractivity contribution in [3.63, 3.8) is 0 Å². The molecule has 0 atom stereocenters. The Bertz CT molecular complexity index is 1070. The molecule has 0 spiro atoms. The zero-order valence-electron chi connectivity index (χ0n) is 13.9. The van der Waals surface area contributed by atoms with Crippen LogP contribution in [0.5, 0.6) is 5.75 Å². The summed E-state index contributed by atoms with van der Waals surface area (Å²) in [4.78, 5) is 56.8. The molecule has 2 heterocycles. The van der Waals surface area contributed by atoms with Crippen LogP contribution in [0.2, 0.25) is 0 Å². The van der Waals surface area contributed by atoms with Gasteiger partial charge in [0.05, 0.1) is 15.9 Å². The molecular formula is C14H11N5O8. The molecule has 3 rings (SSSR count).